The first-order valence-corrected chi connectivity index (χ1v) is 9.77. The highest BCUT2D eigenvalue weighted by molar-refractivity contribution is 8.00. The van der Waals surface area contributed by atoms with Crippen LogP contribution in [0.15, 0.2) is 47.4 Å². The zero-order valence-electron chi connectivity index (χ0n) is 15.3. The molecule has 3 rings (SSSR count). The van der Waals surface area contributed by atoms with Crippen LogP contribution in [0.2, 0.25) is 0 Å². The van der Waals surface area contributed by atoms with E-state index >= 15 is 0 Å². The van der Waals surface area contributed by atoms with Gasteiger partial charge in [0.1, 0.15) is 5.82 Å². The maximum atomic E-state index is 13.2. The van der Waals surface area contributed by atoms with E-state index in [1.165, 1.54) is 30.1 Å². The van der Waals surface area contributed by atoms with E-state index < -0.39 is 29.7 Å². The molecule has 158 valence electrons. The highest BCUT2D eigenvalue weighted by atomic mass is 32.2. The maximum Gasteiger partial charge on any atom is 0.404 e. The highest BCUT2D eigenvalue weighted by Gasteiger charge is 2.57. The average molecular weight is 437 g/mol. The van der Waals surface area contributed by atoms with Crippen LogP contribution in [-0.4, -0.2) is 18.4 Å². The summed E-state index contributed by atoms with van der Waals surface area (Å²) in [6.07, 6.45) is -9.09. The van der Waals surface area contributed by atoms with Gasteiger partial charge in [0.25, 0.3) is 0 Å². The van der Waals surface area contributed by atoms with Crippen LogP contribution in [0.25, 0.3) is 0 Å². The molecular formula is C20H18F7NS. The van der Waals surface area contributed by atoms with Crippen molar-refractivity contribution in [1.82, 2.24) is 0 Å². The van der Waals surface area contributed by atoms with Crippen LogP contribution in [0.1, 0.15) is 36.8 Å². The predicted molar refractivity (Wildman–Crippen MR) is 98.4 cm³/mol. The molecule has 29 heavy (non-hydrogen) atoms. The van der Waals surface area contributed by atoms with Gasteiger partial charge in [-0.2, -0.15) is 26.3 Å². The Morgan fingerprint density at radius 1 is 1.00 bits per heavy atom. The molecule has 2 aromatic carbocycles. The molecule has 1 aliphatic heterocycles. The van der Waals surface area contributed by atoms with Crippen LogP contribution < -0.4 is 4.31 Å². The third-order valence-electron chi connectivity index (χ3n) is 4.90. The van der Waals surface area contributed by atoms with Gasteiger partial charge in [0, 0.05) is 10.9 Å². The SMILES string of the molecule is CCC1CCc2cc(C(C(F)(F)F)C(F)(F)F)ccc2N1Sc1ccc(F)cc1. The van der Waals surface area contributed by atoms with Gasteiger partial charge in [-0.25, -0.2) is 4.39 Å². The number of hydrogen-bond donors (Lipinski definition) is 0. The summed E-state index contributed by atoms with van der Waals surface area (Å²) in [6, 6.07) is 9.07. The second-order valence-corrected chi connectivity index (χ2v) is 7.92. The van der Waals surface area contributed by atoms with E-state index in [1.54, 1.807) is 12.1 Å². The first-order valence-electron chi connectivity index (χ1n) is 8.99. The van der Waals surface area contributed by atoms with Crippen molar-refractivity contribution in [3.05, 3.63) is 59.4 Å². The zero-order chi connectivity index (χ0) is 21.4. The zero-order valence-corrected chi connectivity index (χ0v) is 16.1. The molecule has 0 spiro atoms. The molecule has 0 amide bonds. The first kappa shape index (κ1) is 21.8. The molecular weight excluding hydrogens is 419 g/mol. The average Bonchev–Trinajstić information content (AvgIpc) is 2.61. The minimum absolute atomic E-state index is 0.0597. The smallest absolute Gasteiger partial charge is 0.309 e. The fourth-order valence-electron chi connectivity index (χ4n) is 3.50. The summed E-state index contributed by atoms with van der Waals surface area (Å²) in [5.74, 6) is -3.90. The number of hydrogen-bond acceptors (Lipinski definition) is 2. The largest absolute Gasteiger partial charge is 0.404 e. The number of benzene rings is 2. The quantitative estimate of drug-likeness (QED) is 0.366. The second kappa shape index (κ2) is 8.08. The monoisotopic (exact) mass is 437 g/mol. The number of rotatable bonds is 4. The van der Waals surface area contributed by atoms with Crippen LogP contribution in [-0.2, 0) is 6.42 Å². The number of alkyl halides is 6. The third kappa shape index (κ3) is 4.82. The topological polar surface area (TPSA) is 3.24 Å². The molecule has 0 radical (unpaired) electrons. The summed E-state index contributed by atoms with van der Waals surface area (Å²) >= 11 is 1.30. The predicted octanol–water partition coefficient (Wildman–Crippen LogP) is 7.27. The minimum Gasteiger partial charge on any atom is -0.309 e. The minimum atomic E-state index is -5.42. The molecule has 0 aliphatic carbocycles. The molecule has 0 aromatic heterocycles. The van der Waals surface area contributed by atoms with Crippen LogP contribution in [0, 0.1) is 5.82 Å². The summed E-state index contributed by atoms with van der Waals surface area (Å²) in [5, 5.41) is 0. The highest BCUT2D eigenvalue weighted by Crippen LogP contribution is 2.48. The Bertz CT molecular complexity index is 831. The van der Waals surface area contributed by atoms with Gasteiger partial charge in [-0.3, -0.25) is 0 Å². The first-order chi connectivity index (χ1) is 13.5. The van der Waals surface area contributed by atoms with Gasteiger partial charge >= 0.3 is 12.4 Å². The summed E-state index contributed by atoms with van der Waals surface area (Å²) in [5.41, 5.74) is 0.231. The van der Waals surface area contributed by atoms with E-state index in [1.807, 2.05) is 11.2 Å². The summed E-state index contributed by atoms with van der Waals surface area (Å²) in [4.78, 5) is 0.727. The summed E-state index contributed by atoms with van der Waals surface area (Å²) in [7, 11) is 0. The Morgan fingerprint density at radius 2 is 1.62 bits per heavy atom. The lowest BCUT2D eigenvalue weighted by molar-refractivity contribution is -0.253. The van der Waals surface area contributed by atoms with Gasteiger partial charge < -0.3 is 4.31 Å². The molecule has 0 saturated heterocycles. The molecule has 1 atom stereocenters. The van der Waals surface area contributed by atoms with E-state index in [2.05, 4.69) is 0 Å². The lowest BCUT2D eigenvalue weighted by Crippen LogP contribution is -2.35. The molecule has 0 bridgehead atoms. The van der Waals surface area contributed by atoms with Crippen molar-refractivity contribution in [2.75, 3.05) is 4.31 Å². The molecule has 0 saturated carbocycles. The number of anilines is 1. The molecule has 2 aromatic rings. The van der Waals surface area contributed by atoms with Crippen molar-refractivity contribution in [2.45, 2.75) is 55.4 Å². The van der Waals surface area contributed by atoms with Crippen molar-refractivity contribution < 1.29 is 30.7 Å². The molecule has 1 unspecified atom stereocenters. The second-order valence-electron chi connectivity index (χ2n) is 6.88. The van der Waals surface area contributed by atoms with Crippen molar-refractivity contribution >= 4 is 17.6 Å². The standard InChI is InChI=1S/C20H18F7NS/c1-2-15-7-3-12-11-13(18(19(22,23)24)20(25,26)27)4-10-17(12)28(15)29-16-8-5-14(21)6-9-16/h4-6,8-11,15,18H,2-3,7H2,1H3. The van der Waals surface area contributed by atoms with E-state index in [-0.39, 0.29) is 6.04 Å². The van der Waals surface area contributed by atoms with Gasteiger partial charge in [-0.15, -0.1) is 0 Å². The Labute approximate surface area is 168 Å². The van der Waals surface area contributed by atoms with Crippen molar-refractivity contribution in [3.63, 3.8) is 0 Å². The van der Waals surface area contributed by atoms with Gasteiger partial charge in [0.2, 0.25) is 0 Å². The third-order valence-corrected chi connectivity index (χ3v) is 6.07. The molecule has 0 N–H and O–H groups in total. The molecule has 1 aliphatic rings. The molecule has 1 nitrogen and oxygen atoms in total. The van der Waals surface area contributed by atoms with Crippen molar-refractivity contribution in [3.8, 4) is 0 Å². The molecule has 0 fully saturated rings. The van der Waals surface area contributed by atoms with Crippen LogP contribution >= 0.6 is 11.9 Å². The Kier molecular flexibility index (Phi) is 6.08. The van der Waals surface area contributed by atoms with E-state index in [0.29, 0.717) is 24.1 Å². The Hall–Kier alpha value is -1.90. The van der Waals surface area contributed by atoms with Crippen molar-refractivity contribution in [1.29, 1.82) is 0 Å². The van der Waals surface area contributed by atoms with Crippen molar-refractivity contribution in [2.24, 2.45) is 0 Å². The number of fused-ring (bicyclic) bond motifs is 1. The maximum absolute atomic E-state index is 13.2. The van der Waals surface area contributed by atoms with E-state index in [0.717, 1.165) is 23.4 Å². The van der Waals surface area contributed by atoms with E-state index in [9.17, 15) is 30.7 Å². The van der Waals surface area contributed by atoms with E-state index in [4.69, 9.17) is 0 Å². The van der Waals surface area contributed by atoms with Gasteiger partial charge in [0.05, 0.1) is 5.69 Å². The summed E-state index contributed by atoms with van der Waals surface area (Å²) in [6.45, 7) is 1.96. The molecule has 1 heterocycles. The number of nitrogens with zero attached hydrogens (tertiary/aromatic N) is 1. The van der Waals surface area contributed by atoms with Crippen LogP contribution in [0.4, 0.5) is 36.4 Å². The van der Waals surface area contributed by atoms with Crippen LogP contribution in [0.5, 0.6) is 0 Å². The lowest BCUT2D eigenvalue weighted by atomic mass is 9.90. The Balaban J connectivity index is 1.98. The number of aryl methyl sites for hydroxylation is 1. The van der Waals surface area contributed by atoms with Gasteiger partial charge in [0.15, 0.2) is 5.92 Å². The fraction of sp³-hybridized carbons (Fsp3) is 0.400. The van der Waals surface area contributed by atoms with Gasteiger partial charge in [-0.05, 0) is 72.7 Å². The fourth-order valence-corrected chi connectivity index (χ4v) is 4.67. The molecule has 9 heteroatoms. The van der Waals surface area contributed by atoms with Gasteiger partial charge in [-0.1, -0.05) is 19.1 Å². The normalized spacial score (nSPS) is 17.6. The number of halogens is 7. The summed E-state index contributed by atoms with van der Waals surface area (Å²) < 4.78 is 93.5. The Morgan fingerprint density at radius 3 is 2.17 bits per heavy atom. The van der Waals surface area contributed by atoms with Crippen LogP contribution in [0.3, 0.4) is 0 Å². The lowest BCUT2D eigenvalue weighted by Gasteiger charge is -2.38.